The van der Waals surface area contributed by atoms with E-state index in [4.69, 9.17) is 15.6 Å². The van der Waals surface area contributed by atoms with Gasteiger partial charge in [-0.1, -0.05) is 197 Å². The number of nitrogen functional groups attached to an aromatic ring is 1. The smallest absolute Gasteiger partial charge is 0.296 e. The Labute approximate surface area is 866 Å². The molecule has 0 atom stereocenters. The Hall–Kier alpha value is -12.3. The van der Waals surface area contributed by atoms with Gasteiger partial charge in [0.25, 0.3) is 10.1 Å². The number of nitrogens with zero attached hydrogens (tertiary/aromatic N) is 9. The number of methoxy groups -OCH3 is 1. The molecule has 7 N–H and O–H groups in total. The molecule has 10 aromatic carbocycles. The number of nitrogens with two attached hydrogens (primary N) is 1. The van der Waals surface area contributed by atoms with Crippen molar-refractivity contribution >= 4 is 62.1 Å². The minimum atomic E-state index is -3.51. The number of carbonyl (C=O) groups excluding carboxylic acids is 4. The van der Waals surface area contributed by atoms with Crippen molar-refractivity contribution in [2.45, 2.75) is 219 Å². The Morgan fingerprint density at radius 3 is 1.10 bits per heavy atom. The Morgan fingerprint density at radius 1 is 0.428 bits per heavy atom. The van der Waals surface area contributed by atoms with Crippen molar-refractivity contribution in [1.29, 1.82) is 0 Å². The summed E-state index contributed by atoms with van der Waals surface area (Å²) in [7, 11) is -0.704. The number of Topliss-reactive ketones (excluding diaryl/α,β-unsaturated/α-hetero) is 1. The van der Waals surface area contributed by atoms with E-state index in [1.807, 2.05) is 103 Å². The van der Waals surface area contributed by atoms with Gasteiger partial charge in [0.15, 0.2) is 0 Å². The van der Waals surface area contributed by atoms with Gasteiger partial charge in [0.2, 0.25) is 17.7 Å². The molecule has 145 heavy (non-hydrogen) atoms. The lowest BCUT2D eigenvalue weighted by atomic mass is 10.0. The standard InChI is InChI=1S/C23H30N2O2.2C22H28N2O2.C19H24N2O.C13H16NO.C8H19N.C8H10O3S.C6H7NO/c1-3-23(26)25(21-10-7-11-22(18-21)27-2)20-13-16-24(17-14-20)15-12-19-8-5-4-6-9-19;2*1-2-22(26)24(20-9-6-10-21(25)17-20)19-12-15-23(16-13-19)14-11-18-7-4-3-5-8-18;22-19-8-4-7-18(15-19)20-17-10-13-21(14-11-17)12-9-16-5-2-1-3-6-16;15-13-7-10-14(11-8-13)9-6-12-4-2-1-3-5-12;1-6-9(7(2)3)8(4)5;1-7-3-5-8(6-4-7)12(9,10)11-2;7-5-2-1-3-6(8)4-5/h4-11,18,20H,3,12-17H2,1-2H3;2*3-10,17,19,25H,2,11-16H2,1H3;1-8,15,17,20,22H,9-14H2;2-5H,6-11H2;7-8H,6H2,1-5H3;3-6H,1-2H3;1-4,8H,7H2/q;;;;+1;;;. The molecule has 778 valence electrons. The molecule has 0 radical (unpaired) electrons. The molecule has 0 unspecified atom stereocenters. The minimum Gasteiger partial charge on any atom is -0.508 e. The fourth-order valence-electron chi connectivity index (χ4n) is 18.8. The van der Waals surface area contributed by atoms with E-state index >= 15 is 0 Å². The molecule has 0 spiro atoms. The van der Waals surface area contributed by atoms with Crippen LogP contribution < -0.4 is 30.5 Å². The van der Waals surface area contributed by atoms with Crippen molar-refractivity contribution in [2.75, 3.05) is 145 Å². The zero-order chi connectivity index (χ0) is 104. The summed E-state index contributed by atoms with van der Waals surface area (Å²) in [5.41, 5.74) is 17.4. The number of ether oxygens (including phenoxy) is 1. The lowest BCUT2D eigenvalue weighted by molar-refractivity contribution is -0.121. The fraction of sp³-hybridized carbons (Fsp3) is 0.421. The molecule has 3 amide bonds. The molecular weight excluding hydrogens is 1830 g/mol. The van der Waals surface area contributed by atoms with Gasteiger partial charge in [0, 0.05) is 238 Å². The highest BCUT2D eigenvalue weighted by molar-refractivity contribution is 7.86. The number of hydrogen-bond donors (Lipinski definition) is 6. The summed E-state index contributed by atoms with van der Waals surface area (Å²) in [6, 6.07) is 87.4. The number of likely N-dealkylation sites (tertiary alicyclic amines) is 5. The van der Waals surface area contributed by atoms with E-state index in [-0.39, 0.29) is 58.0 Å². The van der Waals surface area contributed by atoms with Gasteiger partial charge in [0.05, 0.1) is 36.8 Å². The molecule has 5 fully saturated rings. The number of benzene rings is 10. The summed E-state index contributed by atoms with van der Waals surface area (Å²) in [6.45, 7) is 35.6. The van der Waals surface area contributed by atoms with E-state index in [0.29, 0.717) is 54.6 Å². The molecule has 1 aliphatic carbocycles. The normalized spacial score (nSPS) is 15.4. The zero-order valence-electron chi connectivity index (χ0n) is 87.8. The molecule has 0 aromatic heterocycles. The molecule has 5 heterocycles. The van der Waals surface area contributed by atoms with Crippen LogP contribution in [-0.2, 0) is 59.2 Å². The summed E-state index contributed by atoms with van der Waals surface area (Å²) in [4.78, 5) is 69.7. The Morgan fingerprint density at radius 2 is 0.779 bits per heavy atom. The second-order valence-corrected chi connectivity index (χ2v) is 39.9. The quantitative estimate of drug-likeness (QED) is 0.0130. The van der Waals surface area contributed by atoms with Gasteiger partial charge >= 0.3 is 0 Å². The van der Waals surface area contributed by atoms with Crippen LogP contribution in [0, 0.1) is 13.0 Å². The third-order valence-electron chi connectivity index (χ3n) is 27.1. The van der Waals surface area contributed by atoms with E-state index in [2.05, 4.69) is 213 Å². The maximum Gasteiger partial charge on any atom is 0.296 e. The molecule has 16 rings (SSSR count). The Balaban J connectivity index is 0.000000190. The number of aryl methyl sites for hydroxylation is 1. The molecule has 5 saturated heterocycles. The average Bonchev–Trinajstić information content (AvgIpc) is 0.811. The number of anilines is 5. The fourth-order valence-corrected chi connectivity index (χ4v) is 19.5. The van der Waals surface area contributed by atoms with Gasteiger partial charge in [0.1, 0.15) is 46.7 Å². The zero-order valence-corrected chi connectivity index (χ0v) is 88.6. The van der Waals surface area contributed by atoms with Crippen LogP contribution in [0.5, 0.6) is 28.7 Å². The number of phenolic OH excluding ortho intramolecular Hbond substituents is 4. The molecule has 24 heteroatoms. The topological polar surface area (TPSA) is 269 Å². The van der Waals surface area contributed by atoms with Crippen LogP contribution in [0.1, 0.15) is 173 Å². The maximum atomic E-state index is 12.7. The number of ketones is 1. The Kier molecular flexibility index (Phi) is 51.2. The SMILES string of the molecule is CCC(=O)N(c1cccc(O)c1)C1CCN(CCc2ccccc2)CC1.CCC(=O)N(c1cccc(O)c1)C1CCN(CCc2ccccc2)CC1.CCC(=O)N(c1cccc(OC)c1)C1CCN(CCc2ccccc2)CC1.CCN(C(C)C)C(C)C.COS(=O)(=O)c1ccc(C)cc1.Nc1cccc(O)c1.O=C1CCN(CCC2=CC=[C+]C=C2)CC1.Oc1cccc(NC2CCN(CCc3ccccc3)CC2)c1. The van der Waals surface area contributed by atoms with E-state index < -0.39 is 10.1 Å². The molecule has 0 saturated carbocycles. The third kappa shape index (κ3) is 42.0. The Bertz CT molecular complexity index is 5450. The second kappa shape index (κ2) is 63.8. The van der Waals surface area contributed by atoms with Crippen LogP contribution in [0.15, 0.2) is 302 Å². The maximum absolute atomic E-state index is 12.7. The van der Waals surface area contributed by atoms with Crippen LogP contribution in [-0.4, -0.2) is 237 Å². The number of amides is 3. The summed E-state index contributed by atoms with van der Waals surface area (Å²) >= 11 is 0. The first-order chi connectivity index (χ1) is 70.1. The number of nitrogens with one attached hydrogen (secondary N) is 1. The highest BCUT2D eigenvalue weighted by atomic mass is 32.2. The summed E-state index contributed by atoms with van der Waals surface area (Å²) < 4.78 is 31.9. The van der Waals surface area contributed by atoms with Crippen molar-refractivity contribution in [3.8, 4) is 28.7 Å². The van der Waals surface area contributed by atoms with Crippen molar-refractivity contribution in [2.24, 2.45) is 0 Å². The van der Waals surface area contributed by atoms with Crippen molar-refractivity contribution in [3.63, 3.8) is 0 Å². The van der Waals surface area contributed by atoms with Crippen LogP contribution >= 0.6 is 0 Å². The molecule has 5 aliphatic heterocycles. The molecule has 23 nitrogen and oxygen atoms in total. The molecule has 0 bridgehead atoms. The van der Waals surface area contributed by atoms with Gasteiger partial charge < -0.3 is 75.4 Å². The first-order valence-electron chi connectivity index (χ1n) is 52.3. The van der Waals surface area contributed by atoms with E-state index in [0.717, 1.165) is 242 Å². The lowest BCUT2D eigenvalue weighted by Crippen LogP contribution is -2.47. The third-order valence-corrected chi connectivity index (χ3v) is 28.4. The number of carbonyl (C=O) groups is 4. The van der Waals surface area contributed by atoms with Crippen LogP contribution in [0.4, 0.5) is 28.4 Å². The monoisotopic (exact) mass is 1990 g/mol. The summed E-state index contributed by atoms with van der Waals surface area (Å²) in [5, 5.41) is 41.4. The van der Waals surface area contributed by atoms with Crippen LogP contribution in [0.25, 0.3) is 0 Å². The lowest BCUT2D eigenvalue weighted by Gasteiger charge is -2.38. The number of hydrogen-bond acceptors (Lipinski definition) is 20. The van der Waals surface area contributed by atoms with Crippen molar-refractivity contribution < 1.29 is 56.9 Å². The number of piperidine rings is 5. The highest BCUT2D eigenvalue weighted by Gasteiger charge is 2.33. The van der Waals surface area contributed by atoms with E-state index in [1.54, 1.807) is 86.0 Å². The van der Waals surface area contributed by atoms with Crippen LogP contribution in [0.2, 0.25) is 0 Å². The second-order valence-electron chi connectivity index (χ2n) is 38.1. The molecule has 10 aromatic rings. The van der Waals surface area contributed by atoms with Gasteiger partial charge in [-0.3, -0.25) is 28.3 Å². The first kappa shape index (κ1) is 116. The average molecular weight is 1990 g/mol. The van der Waals surface area contributed by atoms with Gasteiger partial charge in [-0.05, 0) is 213 Å². The van der Waals surface area contributed by atoms with Crippen molar-refractivity contribution in [1.82, 2.24) is 29.4 Å². The van der Waals surface area contributed by atoms with Gasteiger partial charge in [-0.2, -0.15) is 8.42 Å². The molecule has 6 aliphatic rings. The van der Waals surface area contributed by atoms with Gasteiger partial charge in [-0.15, -0.1) is 0 Å². The highest BCUT2D eigenvalue weighted by Crippen LogP contribution is 2.33. The summed E-state index contributed by atoms with van der Waals surface area (Å²) in [5.74, 6) is 2.59. The first-order valence-corrected chi connectivity index (χ1v) is 53.7. The summed E-state index contributed by atoms with van der Waals surface area (Å²) in [6.07, 6.45) is 27.7. The number of phenols is 4. The predicted molar refractivity (Wildman–Crippen MR) is 594 cm³/mol. The minimum absolute atomic E-state index is 0.123. The number of allylic oxidation sites excluding steroid dienone is 5. The number of aromatic hydroxyl groups is 4. The largest absolute Gasteiger partial charge is 0.508 e. The van der Waals surface area contributed by atoms with E-state index in [9.17, 15) is 42.9 Å². The van der Waals surface area contributed by atoms with E-state index in [1.165, 1.54) is 46.0 Å². The number of rotatable bonds is 32. The van der Waals surface area contributed by atoms with Crippen LogP contribution in [0.3, 0.4) is 0 Å². The predicted octanol–water partition coefficient (Wildman–Crippen LogP) is 21.7. The van der Waals surface area contributed by atoms with Crippen molar-refractivity contribution in [3.05, 3.63) is 331 Å². The van der Waals surface area contributed by atoms with Gasteiger partial charge in [-0.25, -0.2) is 0 Å². The molecular formula is C121H162N11O12S+.